The summed E-state index contributed by atoms with van der Waals surface area (Å²) in [6.07, 6.45) is 2.10. The first-order valence-electron chi connectivity index (χ1n) is 8.73. The number of carboxylic acid groups (broad SMARTS) is 1. The Morgan fingerprint density at radius 3 is 2.40 bits per heavy atom. The van der Waals surface area contributed by atoms with E-state index in [4.69, 9.17) is 5.11 Å². The Morgan fingerprint density at radius 2 is 1.76 bits per heavy atom. The fourth-order valence-corrected chi connectivity index (χ4v) is 3.65. The molecule has 1 heterocycles. The van der Waals surface area contributed by atoms with Crippen LogP contribution in [0.2, 0.25) is 0 Å². The summed E-state index contributed by atoms with van der Waals surface area (Å²) >= 11 is 0. The second kappa shape index (κ2) is 7.51. The van der Waals surface area contributed by atoms with E-state index in [0.717, 1.165) is 18.5 Å². The van der Waals surface area contributed by atoms with Crippen molar-refractivity contribution in [1.82, 2.24) is 4.90 Å². The van der Waals surface area contributed by atoms with Crippen molar-refractivity contribution in [2.75, 3.05) is 6.54 Å². The largest absolute Gasteiger partial charge is 0.478 e. The molecule has 1 saturated heterocycles. The van der Waals surface area contributed by atoms with Gasteiger partial charge in [0.05, 0.1) is 5.56 Å². The molecule has 1 aliphatic rings. The molecule has 1 amide bonds. The highest BCUT2D eigenvalue weighted by atomic mass is 16.4. The Labute approximate surface area is 148 Å². The minimum absolute atomic E-state index is 0.174. The van der Waals surface area contributed by atoms with Crippen molar-refractivity contribution >= 4 is 11.9 Å². The number of hydrogen-bond acceptors (Lipinski definition) is 2. The monoisotopic (exact) mass is 337 g/mol. The molecule has 0 aliphatic carbocycles. The zero-order valence-corrected chi connectivity index (χ0v) is 14.4. The van der Waals surface area contributed by atoms with Crippen LogP contribution in [-0.2, 0) is 11.2 Å². The van der Waals surface area contributed by atoms with Gasteiger partial charge in [0.25, 0.3) is 0 Å². The van der Waals surface area contributed by atoms with E-state index in [2.05, 4.69) is 19.1 Å². The SMILES string of the molecule is CC1C(c2ccccc2)CCN1C(=O)CCc1ccc(C(=O)O)cc1. The van der Waals surface area contributed by atoms with E-state index in [0.29, 0.717) is 18.8 Å². The fourth-order valence-electron chi connectivity index (χ4n) is 3.65. The molecule has 25 heavy (non-hydrogen) atoms. The molecule has 0 aromatic heterocycles. The molecule has 4 heteroatoms. The number of carbonyl (C=O) groups excluding carboxylic acids is 1. The maximum atomic E-state index is 12.6. The highest BCUT2D eigenvalue weighted by Gasteiger charge is 2.34. The van der Waals surface area contributed by atoms with E-state index < -0.39 is 5.97 Å². The van der Waals surface area contributed by atoms with Gasteiger partial charge in [-0.3, -0.25) is 4.79 Å². The van der Waals surface area contributed by atoms with Gasteiger partial charge < -0.3 is 10.0 Å². The van der Waals surface area contributed by atoms with Crippen LogP contribution >= 0.6 is 0 Å². The second-order valence-electron chi connectivity index (χ2n) is 6.64. The number of aromatic carboxylic acids is 1. The molecule has 0 bridgehead atoms. The van der Waals surface area contributed by atoms with E-state index in [9.17, 15) is 9.59 Å². The predicted octanol–water partition coefficient (Wildman–Crippen LogP) is 3.72. The third-order valence-corrected chi connectivity index (χ3v) is 5.13. The minimum Gasteiger partial charge on any atom is -0.478 e. The smallest absolute Gasteiger partial charge is 0.335 e. The van der Waals surface area contributed by atoms with E-state index in [1.165, 1.54) is 5.56 Å². The Morgan fingerprint density at radius 1 is 1.08 bits per heavy atom. The second-order valence-corrected chi connectivity index (χ2v) is 6.64. The predicted molar refractivity (Wildman–Crippen MR) is 96.7 cm³/mol. The van der Waals surface area contributed by atoms with Gasteiger partial charge in [0.1, 0.15) is 0 Å². The van der Waals surface area contributed by atoms with Gasteiger partial charge in [-0.05, 0) is 43.0 Å². The van der Waals surface area contributed by atoms with Crippen molar-refractivity contribution in [1.29, 1.82) is 0 Å². The molecule has 0 radical (unpaired) electrons. The third-order valence-electron chi connectivity index (χ3n) is 5.13. The van der Waals surface area contributed by atoms with Crippen LogP contribution in [0.4, 0.5) is 0 Å². The molecule has 1 N–H and O–H groups in total. The van der Waals surface area contributed by atoms with Crippen LogP contribution in [-0.4, -0.2) is 34.5 Å². The van der Waals surface area contributed by atoms with E-state index in [-0.39, 0.29) is 17.5 Å². The topological polar surface area (TPSA) is 57.6 Å². The molecular formula is C21H23NO3. The van der Waals surface area contributed by atoms with E-state index >= 15 is 0 Å². The third kappa shape index (κ3) is 3.90. The van der Waals surface area contributed by atoms with Crippen molar-refractivity contribution in [3.8, 4) is 0 Å². The lowest BCUT2D eigenvalue weighted by Crippen LogP contribution is -2.35. The van der Waals surface area contributed by atoms with Crippen molar-refractivity contribution < 1.29 is 14.7 Å². The number of benzene rings is 2. The van der Waals surface area contributed by atoms with Gasteiger partial charge in [0.2, 0.25) is 5.91 Å². The van der Waals surface area contributed by atoms with Crippen LogP contribution in [0.3, 0.4) is 0 Å². The van der Waals surface area contributed by atoms with Crippen molar-refractivity contribution in [3.05, 3.63) is 71.3 Å². The van der Waals surface area contributed by atoms with Gasteiger partial charge in [-0.1, -0.05) is 42.5 Å². The average Bonchev–Trinajstić information content (AvgIpc) is 3.02. The van der Waals surface area contributed by atoms with Crippen LogP contribution in [0, 0.1) is 0 Å². The molecule has 1 aliphatic heterocycles. The molecule has 0 saturated carbocycles. The number of aryl methyl sites for hydroxylation is 1. The summed E-state index contributed by atoms with van der Waals surface area (Å²) in [5.41, 5.74) is 2.56. The number of rotatable bonds is 5. The molecular weight excluding hydrogens is 314 g/mol. The Hall–Kier alpha value is -2.62. The lowest BCUT2D eigenvalue weighted by molar-refractivity contribution is -0.131. The lowest BCUT2D eigenvalue weighted by Gasteiger charge is -2.25. The quantitative estimate of drug-likeness (QED) is 0.904. The number of hydrogen-bond donors (Lipinski definition) is 1. The highest BCUT2D eigenvalue weighted by molar-refractivity contribution is 5.87. The number of amides is 1. The summed E-state index contributed by atoms with van der Waals surface area (Å²) in [6, 6.07) is 17.4. The molecule has 4 nitrogen and oxygen atoms in total. The number of carboxylic acids is 1. The highest BCUT2D eigenvalue weighted by Crippen LogP contribution is 2.33. The van der Waals surface area contributed by atoms with Crippen molar-refractivity contribution in [2.45, 2.75) is 38.1 Å². The normalized spacial score (nSPS) is 19.8. The summed E-state index contributed by atoms with van der Waals surface area (Å²) in [6.45, 7) is 2.93. The van der Waals surface area contributed by atoms with E-state index in [1.807, 2.05) is 23.1 Å². The molecule has 2 aromatic rings. The standard InChI is InChI=1S/C21H23NO3/c1-15-19(17-5-3-2-4-6-17)13-14-22(15)20(23)12-9-16-7-10-18(11-8-16)21(24)25/h2-8,10-11,15,19H,9,12-14H2,1H3,(H,24,25). The van der Waals surface area contributed by atoms with Crippen LogP contribution in [0.15, 0.2) is 54.6 Å². The summed E-state index contributed by atoms with van der Waals surface area (Å²) < 4.78 is 0. The zero-order valence-electron chi connectivity index (χ0n) is 14.4. The Balaban J connectivity index is 1.57. The van der Waals surface area contributed by atoms with Gasteiger partial charge in [-0.15, -0.1) is 0 Å². The summed E-state index contributed by atoms with van der Waals surface area (Å²) in [5.74, 6) is -0.353. The molecule has 130 valence electrons. The molecule has 2 aromatic carbocycles. The Kier molecular flexibility index (Phi) is 5.17. The molecule has 3 rings (SSSR count). The maximum absolute atomic E-state index is 12.6. The van der Waals surface area contributed by atoms with Crippen molar-refractivity contribution in [2.24, 2.45) is 0 Å². The molecule has 0 spiro atoms. The van der Waals surface area contributed by atoms with Gasteiger partial charge in [-0.25, -0.2) is 4.79 Å². The van der Waals surface area contributed by atoms with Crippen molar-refractivity contribution in [3.63, 3.8) is 0 Å². The van der Waals surface area contributed by atoms with Gasteiger partial charge >= 0.3 is 5.97 Å². The zero-order chi connectivity index (χ0) is 17.8. The Bertz CT molecular complexity index is 739. The molecule has 2 unspecified atom stereocenters. The summed E-state index contributed by atoms with van der Waals surface area (Å²) in [7, 11) is 0. The number of carbonyl (C=O) groups is 2. The first kappa shape index (κ1) is 17.2. The first-order chi connectivity index (χ1) is 12.1. The van der Waals surface area contributed by atoms with E-state index in [1.54, 1.807) is 24.3 Å². The number of likely N-dealkylation sites (tertiary alicyclic amines) is 1. The van der Waals surface area contributed by atoms with Gasteiger partial charge in [0, 0.05) is 24.9 Å². The van der Waals surface area contributed by atoms with Crippen LogP contribution < -0.4 is 0 Å². The first-order valence-corrected chi connectivity index (χ1v) is 8.73. The summed E-state index contributed by atoms with van der Waals surface area (Å²) in [5, 5.41) is 8.92. The van der Waals surface area contributed by atoms with Crippen LogP contribution in [0.25, 0.3) is 0 Å². The summed E-state index contributed by atoms with van der Waals surface area (Å²) in [4.78, 5) is 25.5. The maximum Gasteiger partial charge on any atom is 0.335 e. The molecule has 2 atom stereocenters. The van der Waals surface area contributed by atoms with Crippen LogP contribution in [0.5, 0.6) is 0 Å². The van der Waals surface area contributed by atoms with Gasteiger partial charge in [0.15, 0.2) is 0 Å². The van der Waals surface area contributed by atoms with Gasteiger partial charge in [-0.2, -0.15) is 0 Å². The number of nitrogens with zero attached hydrogens (tertiary/aromatic N) is 1. The molecule has 1 fully saturated rings. The lowest BCUT2D eigenvalue weighted by atomic mass is 9.93. The van der Waals surface area contributed by atoms with Crippen LogP contribution in [0.1, 0.15) is 47.2 Å². The average molecular weight is 337 g/mol. The minimum atomic E-state index is -0.930. The fraction of sp³-hybridized carbons (Fsp3) is 0.333.